The lowest BCUT2D eigenvalue weighted by atomic mass is 10.2. The van der Waals surface area contributed by atoms with Crippen LogP contribution in [0, 0.1) is 0 Å². The fraction of sp³-hybridized carbons (Fsp3) is 0.533. The van der Waals surface area contributed by atoms with Crippen molar-refractivity contribution in [3.05, 3.63) is 35.9 Å². The van der Waals surface area contributed by atoms with E-state index in [4.69, 9.17) is 4.74 Å². The van der Waals surface area contributed by atoms with Gasteiger partial charge in [0.15, 0.2) is 0 Å². The lowest BCUT2D eigenvalue weighted by Gasteiger charge is -2.24. The number of carbonyl (C=O) groups excluding carboxylic acids is 1. The minimum Gasteiger partial charge on any atom is -0.444 e. The Labute approximate surface area is 120 Å². The molecule has 0 saturated heterocycles. The average molecular weight is 281 g/mol. The highest BCUT2D eigenvalue weighted by atomic mass is 32.2. The molecule has 0 unspecified atom stereocenters. The molecular formula is C15H23NO2S. The molecule has 0 aromatic heterocycles. The van der Waals surface area contributed by atoms with E-state index < -0.39 is 5.60 Å². The zero-order valence-electron chi connectivity index (χ0n) is 12.2. The number of ether oxygens (including phenoxy) is 1. The van der Waals surface area contributed by atoms with Crippen LogP contribution in [0.15, 0.2) is 30.3 Å². The quantitative estimate of drug-likeness (QED) is 0.769. The van der Waals surface area contributed by atoms with Crippen LogP contribution < -0.4 is 0 Å². The number of thioether (sulfide) groups is 1. The number of carbonyl (C=O) groups is 1. The van der Waals surface area contributed by atoms with Crippen molar-refractivity contribution >= 4 is 17.9 Å². The number of benzene rings is 1. The normalized spacial score (nSPS) is 11.2. The molecule has 4 heteroatoms. The summed E-state index contributed by atoms with van der Waals surface area (Å²) in [5.74, 6) is 1.88. The summed E-state index contributed by atoms with van der Waals surface area (Å²) in [5, 5.41) is 0. The van der Waals surface area contributed by atoms with Gasteiger partial charge in [-0.3, -0.25) is 0 Å². The number of amides is 1. The van der Waals surface area contributed by atoms with E-state index in [0.717, 1.165) is 11.5 Å². The molecule has 1 aromatic carbocycles. The van der Waals surface area contributed by atoms with E-state index >= 15 is 0 Å². The molecule has 0 N–H and O–H groups in total. The van der Waals surface area contributed by atoms with Gasteiger partial charge < -0.3 is 9.64 Å². The zero-order valence-corrected chi connectivity index (χ0v) is 13.0. The Kier molecular flexibility index (Phi) is 6.22. The molecule has 0 heterocycles. The van der Waals surface area contributed by atoms with Gasteiger partial charge in [0.1, 0.15) is 5.60 Å². The summed E-state index contributed by atoms with van der Waals surface area (Å²) in [5.41, 5.74) is 0.884. The highest BCUT2D eigenvalue weighted by Gasteiger charge is 2.18. The molecule has 0 bridgehead atoms. The highest BCUT2D eigenvalue weighted by molar-refractivity contribution is 7.98. The zero-order chi connectivity index (χ0) is 14.3. The molecule has 3 nitrogen and oxygen atoms in total. The molecular weight excluding hydrogens is 258 g/mol. The molecule has 106 valence electrons. The van der Waals surface area contributed by atoms with Crippen LogP contribution in [0.25, 0.3) is 0 Å². The van der Waals surface area contributed by atoms with Crippen molar-refractivity contribution < 1.29 is 9.53 Å². The minimum absolute atomic E-state index is 0.257. The van der Waals surface area contributed by atoms with E-state index in [1.165, 1.54) is 5.56 Å². The van der Waals surface area contributed by atoms with Gasteiger partial charge in [0.25, 0.3) is 0 Å². The largest absolute Gasteiger partial charge is 0.444 e. The standard InChI is InChI=1S/C15H23NO2S/c1-15(2,3)18-14(17)16(4)10-11-19-12-13-8-6-5-7-9-13/h5-9H,10-12H2,1-4H3. The van der Waals surface area contributed by atoms with Gasteiger partial charge in [-0.05, 0) is 26.3 Å². The third-order valence-electron chi connectivity index (χ3n) is 2.39. The smallest absolute Gasteiger partial charge is 0.410 e. The van der Waals surface area contributed by atoms with Gasteiger partial charge in [0.05, 0.1) is 0 Å². The van der Waals surface area contributed by atoms with Crippen molar-refractivity contribution in [2.75, 3.05) is 19.3 Å². The fourth-order valence-corrected chi connectivity index (χ4v) is 2.37. The summed E-state index contributed by atoms with van der Waals surface area (Å²) in [4.78, 5) is 13.3. The molecule has 0 saturated carbocycles. The molecule has 0 atom stereocenters. The Morgan fingerprint density at radius 2 is 1.89 bits per heavy atom. The van der Waals surface area contributed by atoms with Gasteiger partial charge in [0, 0.05) is 25.1 Å². The van der Waals surface area contributed by atoms with Gasteiger partial charge in [-0.15, -0.1) is 0 Å². The van der Waals surface area contributed by atoms with E-state index in [-0.39, 0.29) is 6.09 Å². The molecule has 0 spiro atoms. The number of rotatable bonds is 5. The SMILES string of the molecule is CN(CCSCc1ccccc1)C(=O)OC(C)(C)C. The summed E-state index contributed by atoms with van der Waals surface area (Å²) in [6.07, 6.45) is -0.257. The first kappa shape index (κ1) is 15.9. The second kappa shape index (κ2) is 7.43. The summed E-state index contributed by atoms with van der Waals surface area (Å²) >= 11 is 1.82. The molecule has 0 aliphatic rings. The van der Waals surface area contributed by atoms with Crippen molar-refractivity contribution in [1.82, 2.24) is 4.90 Å². The second-order valence-electron chi connectivity index (χ2n) is 5.44. The first-order valence-corrected chi connectivity index (χ1v) is 7.60. The van der Waals surface area contributed by atoms with Crippen LogP contribution in [-0.4, -0.2) is 35.9 Å². The third kappa shape index (κ3) is 7.11. The summed E-state index contributed by atoms with van der Waals surface area (Å²) < 4.78 is 5.29. The van der Waals surface area contributed by atoms with Gasteiger partial charge in [-0.2, -0.15) is 11.8 Å². The van der Waals surface area contributed by atoms with Gasteiger partial charge in [0.2, 0.25) is 0 Å². The van der Waals surface area contributed by atoms with Crippen LogP contribution in [0.5, 0.6) is 0 Å². The molecule has 0 radical (unpaired) electrons. The van der Waals surface area contributed by atoms with E-state index in [1.807, 2.05) is 50.7 Å². The molecule has 1 amide bonds. The van der Waals surface area contributed by atoms with Gasteiger partial charge >= 0.3 is 6.09 Å². The summed E-state index contributed by atoms with van der Waals surface area (Å²) in [6, 6.07) is 10.3. The predicted molar refractivity (Wildman–Crippen MR) is 81.5 cm³/mol. The van der Waals surface area contributed by atoms with E-state index in [0.29, 0.717) is 6.54 Å². The third-order valence-corrected chi connectivity index (χ3v) is 3.40. The minimum atomic E-state index is -0.428. The Morgan fingerprint density at radius 3 is 2.47 bits per heavy atom. The van der Waals surface area contributed by atoms with Crippen LogP contribution >= 0.6 is 11.8 Å². The van der Waals surface area contributed by atoms with Crippen molar-refractivity contribution in [2.45, 2.75) is 32.1 Å². The van der Waals surface area contributed by atoms with Crippen molar-refractivity contribution in [3.8, 4) is 0 Å². The molecule has 1 rings (SSSR count). The van der Waals surface area contributed by atoms with Crippen molar-refractivity contribution in [1.29, 1.82) is 0 Å². The maximum atomic E-state index is 11.7. The maximum absolute atomic E-state index is 11.7. The van der Waals surface area contributed by atoms with Crippen molar-refractivity contribution in [3.63, 3.8) is 0 Å². The van der Waals surface area contributed by atoms with Gasteiger partial charge in [-0.1, -0.05) is 30.3 Å². The molecule has 0 aliphatic heterocycles. The molecule has 0 fully saturated rings. The monoisotopic (exact) mass is 281 g/mol. The van der Waals surface area contributed by atoms with Crippen LogP contribution in [0.1, 0.15) is 26.3 Å². The number of hydrogen-bond donors (Lipinski definition) is 0. The predicted octanol–water partition coefficient (Wildman–Crippen LogP) is 3.79. The number of nitrogens with zero attached hydrogens (tertiary/aromatic N) is 1. The first-order chi connectivity index (χ1) is 8.88. The topological polar surface area (TPSA) is 29.5 Å². The molecule has 1 aromatic rings. The van der Waals surface area contributed by atoms with E-state index in [9.17, 15) is 4.79 Å². The lowest BCUT2D eigenvalue weighted by Crippen LogP contribution is -2.35. The Balaban J connectivity index is 2.20. The maximum Gasteiger partial charge on any atom is 0.410 e. The van der Waals surface area contributed by atoms with E-state index in [2.05, 4.69) is 12.1 Å². The van der Waals surface area contributed by atoms with E-state index in [1.54, 1.807) is 11.9 Å². The first-order valence-electron chi connectivity index (χ1n) is 6.44. The summed E-state index contributed by atoms with van der Waals surface area (Å²) in [6.45, 7) is 6.33. The summed E-state index contributed by atoms with van der Waals surface area (Å²) in [7, 11) is 1.77. The van der Waals surface area contributed by atoms with Gasteiger partial charge in [-0.25, -0.2) is 4.79 Å². The average Bonchev–Trinajstić information content (AvgIpc) is 2.33. The fourth-order valence-electron chi connectivity index (χ4n) is 1.40. The van der Waals surface area contributed by atoms with Crippen LogP contribution in [-0.2, 0) is 10.5 Å². The van der Waals surface area contributed by atoms with Crippen LogP contribution in [0.2, 0.25) is 0 Å². The Morgan fingerprint density at radius 1 is 1.26 bits per heavy atom. The molecule has 0 aliphatic carbocycles. The highest BCUT2D eigenvalue weighted by Crippen LogP contribution is 2.13. The van der Waals surface area contributed by atoms with Crippen LogP contribution in [0.3, 0.4) is 0 Å². The Hall–Kier alpha value is -1.16. The van der Waals surface area contributed by atoms with Crippen molar-refractivity contribution in [2.24, 2.45) is 0 Å². The number of hydrogen-bond acceptors (Lipinski definition) is 3. The lowest BCUT2D eigenvalue weighted by molar-refractivity contribution is 0.0309. The molecule has 19 heavy (non-hydrogen) atoms. The van der Waals surface area contributed by atoms with Crippen LogP contribution in [0.4, 0.5) is 4.79 Å². The Bertz CT molecular complexity index is 387. The second-order valence-corrected chi connectivity index (χ2v) is 6.55.